The minimum absolute atomic E-state index is 0.410. The summed E-state index contributed by atoms with van der Waals surface area (Å²) >= 11 is 0. The lowest BCUT2D eigenvalue weighted by Crippen LogP contribution is -2.24. The third-order valence-electron chi connectivity index (χ3n) is 1.43. The third kappa shape index (κ3) is 2.02. The molecule has 1 N–H and O–H groups in total. The Kier molecular flexibility index (Phi) is 3.08. The molecule has 0 unspecified atom stereocenters. The van der Waals surface area contributed by atoms with Gasteiger partial charge in [-0.2, -0.15) is 0 Å². The summed E-state index contributed by atoms with van der Waals surface area (Å²) in [6.45, 7) is 0. The standard InChI is InChI=1S/C8H6F3NO2/c1-14-12-8(13)7-5(10)2-4(9)3-6(7)11/h2-3H,1H3,(H,12,13). The van der Waals surface area contributed by atoms with Crippen molar-refractivity contribution in [3.05, 3.63) is 35.1 Å². The van der Waals surface area contributed by atoms with Crippen molar-refractivity contribution in [3.63, 3.8) is 0 Å². The highest BCUT2D eigenvalue weighted by Gasteiger charge is 2.18. The fourth-order valence-electron chi connectivity index (χ4n) is 0.903. The Hall–Kier alpha value is -1.56. The molecular formula is C8H6F3NO2. The molecule has 0 aliphatic carbocycles. The zero-order valence-corrected chi connectivity index (χ0v) is 7.11. The van der Waals surface area contributed by atoms with Crippen molar-refractivity contribution in [1.82, 2.24) is 5.48 Å². The van der Waals surface area contributed by atoms with Crippen LogP contribution in [0.3, 0.4) is 0 Å². The van der Waals surface area contributed by atoms with E-state index >= 15 is 0 Å². The van der Waals surface area contributed by atoms with Crippen molar-refractivity contribution in [3.8, 4) is 0 Å². The first-order chi connectivity index (χ1) is 6.56. The summed E-state index contributed by atoms with van der Waals surface area (Å²) in [6, 6.07) is 0.821. The van der Waals surface area contributed by atoms with Crippen LogP contribution in [0.15, 0.2) is 12.1 Å². The molecule has 1 amide bonds. The maximum atomic E-state index is 12.9. The molecule has 0 radical (unpaired) electrons. The monoisotopic (exact) mass is 205 g/mol. The summed E-state index contributed by atoms with van der Waals surface area (Å²) in [6.07, 6.45) is 0. The zero-order valence-electron chi connectivity index (χ0n) is 7.11. The van der Waals surface area contributed by atoms with E-state index in [1.54, 1.807) is 5.48 Å². The van der Waals surface area contributed by atoms with E-state index in [1.807, 2.05) is 0 Å². The number of benzene rings is 1. The van der Waals surface area contributed by atoms with Crippen LogP contribution in [0.1, 0.15) is 10.4 Å². The van der Waals surface area contributed by atoms with Crippen LogP contribution in [-0.4, -0.2) is 13.0 Å². The van der Waals surface area contributed by atoms with Crippen molar-refractivity contribution in [1.29, 1.82) is 0 Å². The molecular weight excluding hydrogens is 199 g/mol. The Labute approximate surface area is 77.4 Å². The van der Waals surface area contributed by atoms with Crippen molar-refractivity contribution in [2.24, 2.45) is 0 Å². The molecule has 0 saturated carbocycles. The molecule has 76 valence electrons. The first-order valence-corrected chi connectivity index (χ1v) is 3.54. The van der Waals surface area contributed by atoms with Gasteiger partial charge in [0, 0.05) is 12.1 Å². The number of nitrogens with one attached hydrogen (secondary N) is 1. The fourth-order valence-corrected chi connectivity index (χ4v) is 0.903. The van der Waals surface area contributed by atoms with Gasteiger partial charge in [0.1, 0.15) is 23.0 Å². The van der Waals surface area contributed by atoms with Crippen LogP contribution in [0.5, 0.6) is 0 Å². The molecule has 0 aliphatic rings. The summed E-state index contributed by atoms with van der Waals surface area (Å²) in [7, 11) is 1.11. The van der Waals surface area contributed by atoms with Gasteiger partial charge in [-0.15, -0.1) is 0 Å². The van der Waals surface area contributed by atoms with Crippen LogP contribution in [0, 0.1) is 17.5 Å². The highest BCUT2D eigenvalue weighted by atomic mass is 19.1. The lowest BCUT2D eigenvalue weighted by Gasteiger charge is -2.04. The number of carbonyl (C=O) groups excluding carboxylic acids is 1. The molecule has 0 aliphatic heterocycles. The molecule has 0 atom stereocenters. The van der Waals surface area contributed by atoms with Crippen molar-refractivity contribution >= 4 is 5.91 Å². The van der Waals surface area contributed by atoms with Crippen molar-refractivity contribution in [2.75, 3.05) is 7.11 Å². The Morgan fingerprint density at radius 1 is 1.29 bits per heavy atom. The van der Waals surface area contributed by atoms with E-state index in [9.17, 15) is 18.0 Å². The third-order valence-corrected chi connectivity index (χ3v) is 1.43. The predicted molar refractivity (Wildman–Crippen MR) is 40.8 cm³/mol. The van der Waals surface area contributed by atoms with Gasteiger partial charge < -0.3 is 0 Å². The van der Waals surface area contributed by atoms with E-state index in [1.165, 1.54) is 0 Å². The number of halogens is 3. The molecule has 1 rings (SSSR count). The van der Waals surface area contributed by atoms with Gasteiger partial charge in [0.25, 0.3) is 5.91 Å². The molecule has 0 spiro atoms. The summed E-state index contributed by atoms with van der Waals surface area (Å²) in [5.41, 5.74) is 0.840. The van der Waals surface area contributed by atoms with E-state index < -0.39 is 28.9 Å². The summed E-state index contributed by atoms with van der Waals surface area (Å²) in [5.74, 6) is -4.76. The number of hydrogen-bond donors (Lipinski definition) is 1. The van der Waals surface area contributed by atoms with Crippen LogP contribution in [-0.2, 0) is 4.84 Å². The van der Waals surface area contributed by atoms with E-state index in [4.69, 9.17) is 0 Å². The molecule has 14 heavy (non-hydrogen) atoms. The molecule has 1 aromatic carbocycles. The number of rotatable bonds is 2. The average Bonchev–Trinajstić information content (AvgIpc) is 2.01. The van der Waals surface area contributed by atoms with Crippen LogP contribution in [0.25, 0.3) is 0 Å². The second-order valence-corrected chi connectivity index (χ2v) is 2.38. The SMILES string of the molecule is CONC(=O)c1c(F)cc(F)cc1F. The molecule has 0 bridgehead atoms. The normalized spacial score (nSPS) is 10.0. The quantitative estimate of drug-likeness (QED) is 0.741. The molecule has 0 aromatic heterocycles. The fraction of sp³-hybridized carbons (Fsp3) is 0.125. The van der Waals surface area contributed by atoms with Gasteiger partial charge in [-0.3, -0.25) is 9.63 Å². The highest BCUT2D eigenvalue weighted by molar-refractivity contribution is 5.93. The lowest BCUT2D eigenvalue weighted by atomic mass is 10.2. The number of amides is 1. The first kappa shape index (κ1) is 10.5. The van der Waals surface area contributed by atoms with E-state index in [-0.39, 0.29) is 0 Å². The Balaban J connectivity index is 3.14. The number of hydroxylamine groups is 1. The van der Waals surface area contributed by atoms with Crippen LogP contribution in [0.2, 0.25) is 0 Å². The van der Waals surface area contributed by atoms with Crippen LogP contribution < -0.4 is 5.48 Å². The zero-order chi connectivity index (χ0) is 10.7. The van der Waals surface area contributed by atoms with Gasteiger partial charge in [-0.1, -0.05) is 0 Å². The van der Waals surface area contributed by atoms with E-state index in [2.05, 4.69) is 4.84 Å². The topological polar surface area (TPSA) is 38.3 Å². The maximum absolute atomic E-state index is 12.9. The van der Waals surface area contributed by atoms with Gasteiger partial charge in [0.15, 0.2) is 0 Å². The number of hydrogen-bond acceptors (Lipinski definition) is 2. The predicted octanol–water partition coefficient (Wildman–Crippen LogP) is 1.40. The molecule has 0 fully saturated rings. The lowest BCUT2D eigenvalue weighted by molar-refractivity contribution is 0.0529. The Morgan fingerprint density at radius 2 is 1.79 bits per heavy atom. The maximum Gasteiger partial charge on any atom is 0.280 e. The van der Waals surface area contributed by atoms with Gasteiger partial charge in [-0.05, 0) is 0 Å². The van der Waals surface area contributed by atoms with E-state index in [0.717, 1.165) is 7.11 Å². The minimum Gasteiger partial charge on any atom is -0.277 e. The molecule has 0 heterocycles. The smallest absolute Gasteiger partial charge is 0.277 e. The summed E-state index contributed by atoms with van der Waals surface area (Å²) in [5, 5.41) is 0. The Morgan fingerprint density at radius 3 is 2.21 bits per heavy atom. The summed E-state index contributed by atoms with van der Waals surface area (Å²) in [4.78, 5) is 15.1. The van der Waals surface area contributed by atoms with Gasteiger partial charge in [-0.25, -0.2) is 18.7 Å². The van der Waals surface area contributed by atoms with Crippen LogP contribution in [0.4, 0.5) is 13.2 Å². The molecule has 1 aromatic rings. The molecule has 6 heteroatoms. The summed E-state index contributed by atoms with van der Waals surface area (Å²) < 4.78 is 38.2. The minimum atomic E-state index is -1.28. The average molecular weight is 205 g/mol. The largest absolute Gasteiger partial charge is 0.280 e. The molecule has 0 saturated heterocycles. The van der Waals surface area contributed by atoms with Gasteiger partial charge in [0.05, 0.1) is 7.11 Å². The van der Waals surface area contributed by atoms with Gasteiger partial charge >= 0.3 is 0 Å². The second kappa shape index (κ2) is 4.10. The van der Waals surface area contributed by atoms with Gasteiger partial charge in [0.2, 0.25) is 0 Å². The van der Waals surface area contributed by atoms with Crippen molar-refractivity contribution in [2.45, 2.75) is 0 Å². The Bertz CT molecular complexity index is 345. The van der Waals surface area contributed by atoms with Crippen molar-refractivity contribution < 1.29 is 22.8 Å². The second-order valence-electron chi connectivity index (χ2n) is 2.38. The number of carbonyl (C=O) groups is 1. The van der Waals surface area contributed by atoms with E-state index in [0.29, 0.717) is 12.1 Å². The van der Waals surface area contributed by atoms with Crippen LogP contribution >= 0.6 is 0 Å². The molecule has 3 nitrogen and oxygen atoms in total. The highest BCUT2D eigenvalue weighted by Crippen LogP contribution is 2.14. The first-order valence-electron chi connectivity index (χ1n) is 3.54.